The first kappa shape index (κ1) is 21.8. The topological polar surface area (TPSA) is 71.8 Å². The average molecular weight is 500 g/mol. The average Bonchev–Trinajstić information content (AvgIpc) is 3.11. The van der Waals surface area contributed by atoms with E-state index in [9.17, 15) is 18.8 Å². The van der Waals surface area contributed by atoms with Crippen molar-refractivity contribution >= 4 is 50.8 Å². The molecular weight excluding hydrogens is 481 g/mol. The number of rotatable bonds is 5. The maximum Gasteiger partial charge on any atom is 0.333 e. The lowest BCUT2D eigenvalue weighted by Gasteiger charge is -2.28. The molecule has 2 heterocycles. The number of imide groups is 2. The van der Waals surface area contributed by atoms with Gasteiger partial charge in [-0.25, -0.2) is 9.18 Å². The second kappa shape index (κ2) is 8.58. The van der Waals surface area contributed by atoms with Gasteiger partial charge in [0.25, 0.3) is 11.8 Å². The molecule has 4 amide bonds. The highest BCUT2D eigenvalue weighted by molar-refractivity contribution is 9.10. The van der Waals surface area contributed by atoms with Crippen LogP contribution < -0.4 is 4.74 Å². The van der Waals surface area contributed by atoms with E-state index < -0.39 is 23.7 Å². The van der Waals surface area contributed by atoms with E-state index in [1.807, 2.05) is 22.8 Å². The minimum absolute atomic E-state index is 0.101. The number of hydrogen-bond acceptors (Lipinski definition) is 4. The molecule has 1 saturated heterocycles. The molecule has 9 heteroatoms. The second-order valence-corrected chi connectivity index (χ2v) is 8.20. The highest BCUT2D eigenvalue weighted by atomic mass is 79.9. The fourth-order valence-corrected chi connectivity index (χ4v) is 3.90. The number of urea groups is 1. The fraction of sp³-hybridized carbons (Fsp3) is 0.174. The molecule has 1 aromatic heterocycles. The number of ether oxygens (including phenoxy) is 1. The molecule has 1 aliphatic rings. The van der Waals surface area contributed by atoms with Crippen molar-refractivity contribution in [3.8, 4) is 5.75 Å². The molecule has 0 N–H and O–H groups in total. The molecular formula is C23H19BrFN3O4. The number of amides is 4. The van der Waals surface area contributed by atoms with E-state index in [-0.39, 0.29) is 17.9 Å². The van der Waals surface area contributed by atoms with Crippen LogP contribution in [-0.4, -0.2) is 52.9 Å². The maximum atomic E-state index is 13.8. The van der Waals surface area contributed by atoms with Crippen LogP contribution in [0.3, 0.4) is 0 Å². The Kier molecular flexibility index (Phi) is 5.84. The van der Waals surface area contributed by atoms with Crippen LogP contribution in [0.1, 0.15) is 5.56 Å². The number of nitrogens with zero attached hydrogens (tertiary/aromatic N) is 3. The van der Waals surface area contributed by atoms with E-state index in [1.165, 1.54) is 26.2 Å². The Morgan fingerprint density at radius 3 is 2.41 bits per heavy atom. The van der Waals surface area contributed by atoms with Crippen LogP contribution in [0.25, 0.3) is 17.0 Å². The van der Waals surface area contributed by atoms with Crippen molar-refractivity contribution in [1.82, 2.24) is 14.4 Å². The Bertz CT molecular complexity index is 1260. The van der Waals surface area contributed by atoms with Gasteiger partial charge in [0.2, 0.25) is 0 Å². The smallest absolute Gasteiger partial charge is 0.333 e. The number of carbonyl (C=O) groups is 3. The summed E-state index contributed by atoms with van der Waals surface area (Å²) < 4.78 is 22.1. The second-order valence-electron chi connectivity index (χ2n) is 7.29. The molecule has 7 nitrogen and oxygen atoms in total. The van der Waals surface area contributed by atoms with Gasteiger partial charge in [-0.15, -0.1) is 0 Å². The summed E-state index contributed by atoms with van der Waals surface area (Å²) in [6.07, 6.45) is 3.29. The number of halogens is 2. The number of aromatic nitrogens is 1. The highest BCUT2D eigenvalue weighted by Crippen LogP contribution is 2.28. The fourth-order valence-electron chi connectivity index (χ4n) is 3.54. The van der Waals surface area contributed by atoms with Crippen molar-refractivity contribution in [3.63, 3.8) is 0 Å². The van der Waals surface area contributed by atoms with Crippen molar-refractivity contribution < 1.29 is 23.5 Å². The molecule has 1 fully saturated rings. The van der Waals surface area contributed by atoms with Gasteiger partial charge in [0.15, 0.2) is 11.6 Å². The number of fused-ring (bicyclic) bond motifs is 1. The van der Waals surface area contributed by atoms with E-state index in [0.717, 1.165) is 25.2 Å². The van der Waals surface area contributed by atoms with E-state index >= 15 is 0 Å². The van der Waals surface area contributed by atoms with Crippen molar-refractivity contribution in [1.29, 1.82) is 0 Å². The summed E-state index contributed by atoms with van der Waals surface area (Å²) in [4.78, 5) is 39.0. The lowest BCUT2D eigenvalue weighted by Crippen LogP contribution is -2.52. The molecule has 1 aliphatic heterocycles. The van der Waals surface area contributed by atoms with Gasteiger partial charge in [-0.2, -0.15) is 0 Å². The summed E-state index contributed by atoms with van der Waals surface area (Å²) in [6.45, 7) is 0.629. The van der Waals surface area contributed by atoms with Gasteiger partial charge in [-0.1, -0.05) is 28.1 Å². The monoisotopic (exact) mass is 499 g/mol. The lowest BCUT2D eigenvalue weighted by molar-refractivity contribution is -0.134. The largest absolute Gasteiger partial charge is 0.489 e. The molecule has 32 heavy (non-hydrogen) atoms. The third-order valence-electron chi connectivity index (χ3n) is 5.24. The first-order valence-corrected chi connectivity index (χ1v) is 10.5. The molecule has 0 unspecified atom stereocenters. The highest BCUT2D eigenvalue weighted by Gasteiger charge is 2.37. The molecule has 4 rings (SSSR count). The Hall–Kier alpha value is -3.46. The normalized spacial score (nSPS) is 14.5. The summed E-state index contributed by atoms with van der Waals surface area (Å²) in [5.74, 6) is -1.58. The predicted octanol–water partition coefficient (Wildman–Crippen LogP) is 4.06. The quantitative estimate of drug-likeness (QED) is 0.392. The molecule has 0 saturated carbocycles. The summed E-state index contributed by atoms with van der Waals surface area (Å²) in [5, 5.41) is 0.806. The van der Waals surface area contributed by atoms with Crippen LogP contribution in [0.4, 0.5) is 9.18 Å². The van der Waals surface area contributed by atoms with Crippen LogP contribution in [0, 0.1) is 5.82 Å². The minimum atomic E-state index is -0.674. The van der Waals surface area contributed by atoms with E-state index in [0.29, 0.717) is 12.1 Å². The Morgan fingerprint density at radius 2 is 1.72 bits per heavy atom. The maximum absolute atomic E-state index is 13.8. The van der Waals surface area contributed by atoms with Gasteiger partial charge in [-0.05, 0) is 36.4 Å². The lowest BCUT2D eigenvalue weighted by atomic mass is 10.1. The Labute approximate surface area is 191 Å². The van der Waals surface area contributed by atoms with Crippen LogP contribution in [0.15, 0.2) is 58.7 Å². The molecule has 0 atom stereocenters. The van der Waals surface area contributed by atoms with Crippen molar-refractivity contribution in [3.05, 3.63) is 70.1 Å². The molecule has 0 aliphatic carbocycles. The van der Waals surface area contributed by atoms with Crippen molar-refractivity contribution in [2.45, 2.75) is 6.54 Å². The molecule has 0 bridgehead atoms. The Balaban J connectivity index is 1.68. The standard InChI is InChI=1S/C23H19BrFN3O4/c1-26-21(29)17(22(30)27(2)23(26)31)11-14-13-28(19-8-7-15(24)12-16(14)19)9-10-32-20-6-4-3-5-18(20)25/h3-8,11-13H,9-10H2,1-2H3. The SMILES string of the molecule is CN1C(=O)C(=Cc2cn(CCOc3ccccc3F)c3ccc(Br)cc23)C(=O)N(C)C1=O. The number of benzene rings is 2. The zero-order chi connectivity index (χ0) is 23.0. The van der Waals surface area contributed by atoms with E-state index in [2.05, 4.69) is 15.9 Å². The minimum Gasteiger partial charge on any atom is -0.489 e. The molecule has 3 aromatic rings. The van der Waals surface area contributed by atoms with E-state index in [4.69, 9.17) is 4.74 Å². The summed E-state index contributed by atoms with van der Waals surface area (Å²) in [7, 11) is 2.67. The zero-order valence-electron chi connectivity index (χ0n) is 17.3. The first-order valence-electron chi connectivity index (χ1n) is 9.75. The van der Waals surface area contributed by atoms with Gasteiger partial charge < -0.3 is 9.30 Å². The van der Waals surface area contributed by atoms with Crippen LogP contribution in [0.5, 0.6) is 5.75 Å². The van der Waals surface area contributed by atoms with Crippen LogP contribution in [0.2, 0.25) is 0 Å². The number of carbonyl (C=O) groups excluding carboxylic acids is 3. The number of hydrogen-bond donors (Lipinski definition) is 0. The zero-order valence-corrected chi connectivity index (χ0v) is 18.9. The number of barbiturate groups is 1. The van der Waals surface area contributed by atoms with Crippen LogP contribution in [-0.2, 0) is 16.1 Å². The van der Waals surface area contributed by atoms with E-state index in [1.54, 1.807) is 24.4 Å². The van der Waals surface area contributed by atoms with Gasteiger partial charge in [0.05, 0.1) is 6.54 Å². The predicted molar refractivity (Wildman–Crippen MR) is 120 cm³/mol. The summed E-state index contributed by atoms with van der Waals surface area (Å²) in [6, 6.07) is 11.2. The number of para-hydroxylation sites is 1. The molecule has 0 radical (unpaired) electrons. The van der Waals surface area contributed by atoms with Gasteiger partial charge in [-0.3, -0.25) is 19.4 Å². The van der Waals surface area contributed by atoms with Crippen molar-refractivity contribution in [2.24, 2.45) is 0 Å². The van der Waals surface area contributed by atoms with Crippen LogP contribution >= 0.6 is 15.9 Å². The third kappa shape index (κ3) is 3.91. The molecule has 2 aromatic carbocycles. The Morgan fingerprint density at radius 1 is 1.03 bits per heavy atom. The van der Waals surface area contributed by atoms with Gasteiger partial charge in [0.1, 0.15) is 12.2 Å². The summed E-state index contributed by atoms with van der Waals surface area (Å²) >= 11 is 3.45. The molecule has 0 spiro atoms. The van der Waals surface area contributed by atoms with Gasteiger partial charge >= 0.3 is 6.03 Å². The summed E-state index contributed by atoms with van der Waals surface area (Å²) in [5.41, 5.74) is 1.39. The van der Waals surface area contributed by atoms with Gasteiger partial charge in [0, 0.05) is 41.2 Å². The van der Waals surface area contributed by atoms with Crippen molar-refractivity contribution in [2.75, 3.05) is 20.7 Å². The number of likely N-dealkylation sites (N-methyl/N-ethyl adjacent to an activating group) is 2. The first-order chi connectivity index (χ1) is 15.3. The third-order valence-corrected chi connectivity index (χ3v) is 5.74. The molecule has 164 valence electrons.